The molecule has 0 bridgehead atoms. The highest BCUT2D eigenvalue weighted by atomic mass is 19.4. The Balaban J connectivity index is 1.98. The molecule has 0 unspecified atom stereocenters. The fourth-order valence-corrected chi connectivity index (χ4v) is 3.27. The maximum Gasteiger partial charge on any atom is 0.440 e. The monoisotopic (exact) mass is 449 g/mol. The van der Waals surface area contributed by atoms with Gasteiger partial charge in [0.1, 0.15) is 5.75 Å². The summed E-state index contributed by atoms with van der Waals surface area (Å²) in [5, 5.41) is 3.31. The van der Waals surface area contributed by atoms with Crippen molar-refractivity contribution in [2.75, 3.05) is 12.0 Å². The van der Waals surface area contributed by atoms with Crippen molar-refractivity contribution in [3.05, 3.63) is 59.7 Å². The van der Waals surface area contributed by atoms with Crippen LogP contribution in [0.15, 0.2) is 48.5 Å². The van der Waals surface area contributed by atoms with Crippen LogP contribution < -0.4 is 20.3 Å². The lowest BCUT2D eigenvalue weighted by Gasteiger charge is -2.30. The zero-order valence-electron chi connectivity index (χ0n) is 17.8. The number of rotatable bonds is 4. The van der Waals surface area contributed by atoms with Gasteiger partial charge in [0.25, 0.3) is 17.5 Å². The van der Waals surface area contributed by atoms with Crippen LogP contribution in [0.4, 0.5) is 23.7 Å². The Morgan fingerprint density at radius 1 is 1.03 bits per heavy atom. The van der Waals surface area contributed by atoms with Crippen molar-refractivity contribution in [1.29, 1.82) is 0 Å². The summed E-state index contributed by atoms with van der Waals surface area (Å²) in [6, 6.07) is 10.2. The fraction of sp³-hybridized carbons (Fsp3) is 0.318. The molecule has 0 aliphatic carbocycles. The van der Waals surface area contributed by atoms with Crippen LogP contribution in [0.1, 0.15) is 36.7 Å². The summed E-state index contributed by atoms with van der Waals surface area (Å²) in [6.07, 6.45) is -5.32. The number of urea groups is 1. The number of alkyl halides is 3. The first-order valence-corrected chi connectivity index (χ1v) is 9.61. The van der Waals surface area contributed by atoms with Gasteiger partial charge in [-0.3, -0.25) is 14.9 Å². The van der Waals surface area contributed by atoms with Crippen molar-refractivity contribution in [1.82, 2.24) is 10.6 Å². The largest absolute Gasteiger partial charge is 0.495 e. The van der Waals surface area contributed by atoms with Gasteiger partial charge in [0, 0.05) is 5.56 Å². The minimum absolute atomic E-state index is 0.0121. The molecular weight excluding hydrogens is 427 g/mol. The Hall–Kier alpha value is -3.56. The highest BCUT2D eigenvalue weighted by Crippen LogP contribution is 2.38. The number of hydrogen-bond acceptors (Lipinski definition) is 4. The molecule has 4 amide bonds. The number of carbonyl (C=O) groups excluding carboxylic acids is 3. The molecule has 0 radical (unpaired) electrons. The number of para-hydroxylation sites is 2. The Bertz CT molecular complexity index is 1060. The quantitative estimate of drug-likeness (QED) is 0.697. The van der Waals surface area contributed by atoms with Crippen LogP contribution in [0.25, 0.3) is 0 Å². The highest BCUT2D eigenvalue weighted by molar-refractivity contribution is 6.25. The summed E-state index contributed by atoms with van der Waals surface area (Å²) < 4.78 is 47.4. The molecule has 170 valence electrons. The lowest BCUT2D eigenvalue weighted by atomic mass is 9.86. The maximum absolute atomic E-state index is 14.1. The van der Waals surface area contributed by atoms with Gasteiger partial charge in [0.2, 0.25) is 0 Å². The SMILES string of the molecule is COc1ccccc1N1C(=O)N[C@@](NC(=O)c2ccc(C(C)(C)C)cc2)(C(F)(F)F)C1=O. The van der Waals surface area contributed by atoms with Gasteiger partial charge < -0.3 is 10.1 Å². The summed E-state index contributed by atoms with van der Waals surface area (Å²) in [5.74, 6) is -2.85. The third-order valence-corrected chi connectivity index (χ3v) is 5.09. The molecule has 2 aromatic carbocycles. The molecule has 32 heavy (non-hydrogen) atoms. The molecule has 2 N–H and O–H groups in total. The van der Waals surface area contributed by atoms with E-state index < -0.39 is 29.7 Å². The zero-order valence-corrected chi connectivity index (χ0v) is 17.8. The van der Waals surface area contributed by atoms with Crippen LogP contribution in [0, 0.1) is 0 Å². The van der Waals surface area contributed by atoms with Crippen molar-refractivity contribution in [3.63, 3.8) is 0 Å². The molecule has 1 heterocycles. The summed E-state index contributed by atoms with van der Waals surface area (Å²) in [4.78, 5) is 38.4. The topological polar surface area (TPSA) is 87.7 Å². The molecule has 1 aliphatic heterocycles. The van der Waals surface area contributed by atoms with Crippen molar-refractivity contribution in [2.24, 2.45) is 0 Å². The van der Waals surface area contributed by atoms with E-state index in [2.05, 4.69) is 0 Å². The molecule has 2 aromatic rings. The normalized spacial score (nSPS) is 19.0. The molecule has 1 fully saturated rings. The van der Waals surface area contributed by atoms with E-state index in [4.69, 9.17) is 4.74 Å². The van der Waals surface area contributed by atoms with Crippen LogP contribution >= 0.6 is 0 Å². The van der Waals surface area contributed by atoms with Crippen molar-refractivity contribution >= 4 is 23.5 Å². The maximum atomic E-state index is 14.1. The summed E-state index contributed by atoms with van der Waals surface area (Å²) in [7, 11) is 1.25. The number of halogens is 3. The number of amides is 4. The van der Waals surface area contributed by atoms with Crippen LogP contribution in [0.5, 0.6) is 5.75 Å². The zero-order chi connectivity index (χ0) is 23.9. The predicted octanol–water partition coefficient (Wildman–Crippen LogP) is 3.74. The third kappa shape index (κ3) is 3.88. The first-order chi connectivity index (χ1) is 14.8. The number of nitrogens with zero attached hydrogens (tertiary/aromatic N) is 1. The standard InChI is InChI=1S/C22H22F3N3O4/c1-20(2,3)14-11-9-13(10-12-14)17(29)26-21(22(23,24)25)18(30)28(19(31)27-21)15-7-5-6-8-16(15)32-4/h5-12H,1-4H3,(H,26,29)(H,27,31)/t21-/m1/s1. The Kier molecular flexibility index (Phi) is 5.67. The van der Waals surface area contributed by atoms with Crippen LogP contribution in [0.2, 0.25) is 0 Å². The minimum atomic E-state index is -5.32. The summed E-state index contributed by atoms with van der Waals surface area (Å²) in [5.41, 5.74) is -3.28. The van der Waals surface area contributed by atoms with E-state index in [0.717, 1.165) is 5.56 Å². The number of ether oxygens (including phenoxy) is 1. The first kappa shape index (κ1) is 23.1. The first-order valence-electron chi connectivity index (χ1n) is 9.61. The Morgan fingerprint density at radius 3 is 2.16 bits per heavy atom. The van der Waals surface area contributed by atoms with E-state index in [9.17, 15) is 27.6 Å². The van der Waals surface area contributed by atoms with Gasteiger partial charge in [-0.2, -0.15) is 13.2 Å². The number of methoxy groups -OCH3 is 1. The van der Waals surface area contributed by atoms with Crippen molar-refractivity contribution < 1.29 is 32.3 Å². The Labute approximate surface area is 182 Å². The number of anilines is 1. The second-order valence-electron chi connectivity index (χ2n) is 8.27. The van der Waals surface area contributed by atoms with E-state index in [0.29, 0.717) is 4.90 Å². The van der Waals surface area contributed by atoms with Gasteiger partial charge in [0.15, 0.2) is 0 Å². The van der Waals surface area contributed by atoms with Crippen LogP contribution in [0.3, 0.4) is 0 Å². The number of hydrogen-bond donors (Lipinski definition) is 2. The van der Waals surface area contributed by atoms with Crippen LogP contribution in [-0.2, 0) is 10.2 Å². The molecule has 1 saturated heterocycles. The smallest absolute Gasteiger partial charge is 0.440 e. The van der Waals surface area contributed by atoms with Crippen LogP contribution in [-0.4, -0.2) is 36.8 Å². The lowest BCUT2D eigenvalue weighted by molar-refractivity contribution is -0.197. The van der Waals surface area contributed by atoms with E-state index in [-0.39, 0.29) is 22.4 Å². The van der Waals surface area contributed by atoms with Gasteiger partial charge in [-0.25, -0.2) is 9.69 Å². The number of benzene rings is 2. The number of imide groups is 1. The van der Waals surface area contributed by atoms with Crippen molar-refractivity contribution in [2.45, 2.75) is 38.0 Å². The molecule has 3 rings (SSSR count). The van der Waals surface area contributed by atoms with Gasteiger partial charge in [0.05, 0.1) is 12.8 Å². The molecule has 1 aliphatic rings. The highest BCUT2D eigenvalue weighted by Gasteiger charge is 2.69. The van der Waals surface area contributed by atoms with E-state index in [1.165, 1.54) is 43.5 Å². The molecule has 10 heteroatoms. The summed E-state index contributed by atoms with van der Waals surface area (Å²) in [6.45, 7) is 5.83. The number of nitrogens with one attached hydrogen (secondary N) is 2. The third-order valence-electron chi connectivity index (χ3n) is 5.09. The van der Waals surface area contributed by atoms with E-state index in [1.807, 2.05) is 20.8 Å². The van der Waals surface area contributed by atoms with Gasteiger partial charge in [-0.1, -0.05) is 45.0 Å². The Morgan fingerprint density at radius 2 is 1.62 bits per heavy atom. The lowest BCUT2D eigenvalue weighted by Crippen LogP contribution is -2.69. The molecule has 0 spiro atoms. The minimum Gasteiger partial charge on any atom is -0.495 e. The number of carbonyl (C=O) groups is 3. The second-order valence-corrected chi connectivity index (χ2v) is 8.27. The predicted molar refractivity (Wildman–Crippen MR) is 110 cm³/mol. The average Bonchev–Trinajstić information content (AvgIpc) is 2.97. The summed E-state index contributed by atoms with van der Waals surface area (Å²) >= 11 is 0. The van der Waals surface area contributed by atoms with Gasteiger partial charge in [-0.15, -0.1) is 0 Å². The molecular formula is C22H22F3N3O4. The van der Waals surface area contributed by atoms with E-state index in [1.54, 1.807) is 22.8 Å². The van der Waals surface area contributed by atoms with Crippen molar-refractivity contribution in [3.8, 4) is 5.75 Å². The fourth-order valence-electron chi connectivity index (χ4n) is 3.27. The second kappa shape index (κ2) is 7.85. The van der Waals surface area contributed by atoms with E-state index >= 15 is 0 Å². The van der Waals surface area contributed by atoms with Gasteiger partial charge in [-0.05, 0) is 35.2 Å². The molecule has 0 saturated carbocycles. The molecule has 1 atom stereocenters. The molecule has 7 nitrogen and oxygen atoms in total. The average molecular weight is 449 g/mol. The molecule has 0 aromatic heterocycles. The van der Waals surface area contributed by atoms with Gasteiger partial charge >= 0.3 is 12.2 Å².